The lowest BCUT2D eigenvalue weighted by molar-refractivity contribution is 0.415. The van der Waals surface area contributed by atoms with Crippen molar-refractivity contribution in [1.82, 2.24) is 15.3 Å². The van der Waals surface area contributed by atoms with E-state index in [2.05, 4.69) is 22.2 Å². The number of rotatable bonds is 4. The van der Waals surface area contributed by atoms with E-state index in [-0.39, 0.29) is 0 Å². The van der Waals surface area contributed by atoms with Gasteiger partial charge in [-0.3, -0.25) is 0 Å². The number of fused-ring (bicyclic) bond motifs is 1. The van der Waals surface area contributed by atoms with Gasteiger partial charge in [0.05, 0.1) is 18.3 Å². The van der Waals surface area contributed by atoms with Crippen molar-refractivity contribution in [2.24, 2.45) is 0 Å². The van der Waals surface area contributed by atoms with E-state index in [4.69, 9.17) is 10.5 Å². The average Bonchev–Trinajstić information content (AvgIpc) is 2.38. The molecule has 0 amide bonds. The Balaban J connectivity index is 2.54. The molecule has 1 atom stereocenters. The zero-order valence-electron chi connectivity index (χ0n) is 10.9. The lowest BCUT2D eigenvalue weighted by atomic mass is 10.1. The second-order valence-electron chi connectivity index (χ2n) is 4.31. The third-order valence-corrected chi connectivity index (χ3v) is 2.99. The second-order valence-corrected chi connectivity index (χ2v) is 4.31. The minimum atomic E-state index is 0.311. The van der Waals surface area contributed by atoms with Crippen molar-refractivity contribution in [2.75, 3.05) is 19.9 Å². The molecule has 0 radical (unpaired) electrons. The number of nitrogen functional groups attached to an aromatic ring is 1. The molecule has 1 aromatic heterocycles. The Labute approximate surface area is 106 Å². The van der Waals surface area contributed by atoms with Crippen molar-refractivity contribution >= 4 is 16.9 Å². The summed E-state index contributed by atoms with van der Waals surface area (Å²) in [6.45, 7) is 2.10. The van der Waals surface area contributed by atoms with Crippen LogP contribution in [0, 0.1) is 0 Å². The van der Waals surface area contributed by atoms with Gasteiger partial charge < -0.3 is 15.8 Å². The molecule has 96 valence electrons. The predicted molar refractivity (Wildman–Crippen MR) is 72.7 cm³/mol. The molecule has 5 nitrogen and oxygen atoms in total. The first-order valence-corrected chi connectivity index (χ1v) is 5.91. The summed E-state index contributed by atoms with van der Waals surface area (Å²) in [6.07, 6.45) is 0.798. The minimum Gasteiger partial charge on any atom is -0.497 e. The number of anilines is 1. The zero-order chi connectivity index (χ0) is 13.1. The number of ether oxygens (including phenoxy) is 1. The van der Waals surface area contributed by atoms with Crippen LogP contribution in [-0.4, -0.2) is 30.2 Å². The maximum atomic E-state index is 5.74. The lowest BCUT2D eigenvalue weighted by Crippen LogP contribution is -2.24. The predicted octanol–water partition coefficient (Wildman–Crippen LogP) is 1.37. The van der Waals surface area contributed by atoms with Gasteiger partial charge in [0.15, 0.2) is 0 Å². The van der Waals surface area contributed by atoms with E-state index in [1.807, 2.05) is 25.2 Å². The number of benzene rings is 1. The highest BCUT2D eigenvalue weighted by Crippen LogP contribution is 2.23. The van der Waals surface area contributed by atoms with Crippen molar-refractivity contribution in [3.8, 4) is 5.75 Å². The Morgan fingerprint density at radius 2 is 2.17 bits per heavy atom. The Morgan fingerprint density at radius 3 is 2.83 bits per heavy atom. The summed E-state index contributed by atoms with van der Waals surface area (Å²) < 4.78 is 5.24. The van der Waals surface area contributed by atoms with Gasteiger partial charge in [-0.1, -0.05) is 0 Å². The van der Waals surface area contributed by atoms with Gasteiger partial charge in [-0.05, 0) is 32.2 Å². The molecule has 2 aromatic rings. The maximum absolute atomic E-state index is 5.74. The normalized spacial score (nSPS) is 12.6. The Kier molecular flexibility index (Phi) is 3.62. The summed E-state index contributed by atoms with van der Waals surface area (Å²) in [6, 6.07) is 6.06. The Hall–Kier alpha value is -1.88. The first kappa shape index (κ1) is 12.6. The van der Waals surface area contributed by atoms with E-state index in [1.54, 1.807) is 7.11 Å². The van der Waals surface area contributed by atoms with E-state index in [9.17, 15) is 0 Å². The number of methoxy groups -OCH3 is 1. The molecule has 0 spiro atoms. The van der Waals surface area contributed by atoms with E-state index >= 15 is 0 Å². The molecular weight excluding hydrogens is 228 g/mol. The van der Waals surface area contributed by atoms with Gasteiger partial charge in [-0.2, -0.15) is 0 Å². The summed E-state index contributed by atoms with van der Waals surface area (Å²) >= 11 is 0. The molecule has 1 heterocycles. The molecule has 0 aliphatic rings. The van der Waals surface area contributed by atoms with Crippen LogP contribution >= 0.6 is 0 Å². The number of nitrogens with one attached hydrogen (secondary N) is 1. The molecule has 18 heavy (non-hydrogen) atoms. The van der Waals surface area contributed by atoms with Crippen LogP contribution in [0.15, 0.2) is 18.2 Å². The van der Waals surface area contributed by atoms with Crippen molar-refractivity contribution < 1.29 is 4.74 Å². The minimum absolute atomic E-state index is 0.311. The van der Waals surface area contributed by atoms with Crippen LogP contribution < -0.4 is 15.8 Å². The number of likely N-dealkylation sites (N-methyl/N-ethyl adjacent to an activating group) is 1. The van der Waals surface area contributed by atoms with Crippen LogP contribution in [0.3, 0.4) is 0 Å². The number of aromatic nitrogens is 2. The smallest absolute Gasteiger partial charge is 0.220 e. The molecule has 0 fully saturated rings. The van der Waals surface area contributed by atoms with Crippen molar-refractivity contribution in [2.45, 2.75) is 19.4 Å². The van der Waals surface area contributed by atoms with Crippen molar-refractivity contribution in [1.29, 1.82) is 0 Å². The molecule has 3 N–H and O–H groups in total. The van der Waals surface area contributed by atoms with Crippen LogP contribution in [0.2, 0.25) is 0 Å². The fraction of sp³-hybridized carbons (Fsp3) is 0.385. The third-order valence-electron chi connectivity index (χ3n) is 2.99. The van der Waals surface area contributed by atoms with E-state index in [1.165, 1.54) is 0 Å². The van der Waals surface area contributed by atoms with Gasteiger partial charge in [0.25, 0.3) is 0 Å². The van der Waals surface area contributed by atoms with Gasteiger partial charge in [-0.25, -0.2) is 9.97 Å². The number of nitrogens with two attached hydrogens (primary N) is 1. The molecule has 0 aliphatic carbocycles. The fourth-order valence-electron chi connectivity index (χ4n) is 1.87. The lowest BCUT2D eigenvalue weighted by Gasteiger charge is -2.12. The number of hydrogen-bond acceptors (Lipinski definition) is 5. The van der Waals surface area contributed by atoms with Crippen LogP contribution in [0.25, 0.3) is 10.9 Å². The van der Waals surface area contributed by atoms with Crippen molar-refractivity contribution in [3.05, 3.63) is 23.9 Å². The second kappa shape index (κ2) is 5.18. The molecule has 5 heteroatoms. The van der Waals surface area contributed by atoms with Crippen molar-refractivity contribution in [3.63, 3.8) is 0 Å². The molecule has 0 aliphatic heterocycles. The van der Waals surface area contributed by atoms with Crippen LogP contribution in [0.5, 0.6) is 5.75 Å². The molecule has 1 unspecified atom stereocenters. The fourth-order valence-corrected chi connectivity index (χ4v) is 1.87. The summed E-state index contributed by atoms with van der Waals surface area (Å²) in [5, 5.41) is 4.19. The summed E-state index contributed by atoms with van der Waals surface area (Å²) in [7, 11) is 3.58. The van der Waals surface area contributed by atoms with E-state index in [0.717, 1.165) is 28.8 Å². The summed E-state index contributed by atoms with van der Waals surface area (Å²) in [5.74, 6) is 1.11. The molecule has 0 bridgehead atoms. The van der Waals surface area contributed by atoms with Crippen LogP contribution in [0.4, 0.5) is 5.95 Å². The highest BCUT2D eigenvalue weighted by molar-refractivity contribution is 5.83. The van der Waals surface area contributed by atoms with Gasteiger partial charge in [-0.15, -0.1) is 0 Å². The van der Waals surface area contributed by atoms with Gasteiger partial charge in [0.1, 0.15) is 5.75 Å². The summed E-state index contributed by atoms with van der Waals surface area (Å²) in [4.78, 5) is 8.57. The van der Waals surface area contributed by atoms with E-state index < -0.39 is 0 Å². The zero-order valence-corrected chi connectivity index (χ0v) is 10.9. The van der Waals surface area contributed by atoms with Gasteiger partial charge >= 0.3 is 0 Å². The average molecular weight is 246 g/mol. The third kappa shape index (κ3) is 2.51. The van der Waals surface area contributed by atoms with Gasteiger partial charge in [0.2, 0.25) is 5.95 Å². The molecular formula is C13H18N4O. The molecule has 2 rings (SSSR count). The number of nitrogens with zero attached hydrogens (tertiary/aromatic N) is 2. The molecule has 0 saturated carbocycles. The maximum Gasteiger partial charge on any atom is 0.220 e. The standard InChI is InChI=1S/C13H18N4O/c1-8(15-2)6-12-10-7-9(18-3)4-5-11(10)16-13(14)17-12/h4-5,7-8,15H,6H2,1-3H3,(H2,14,16,17). The number of hydrogen-bond donors (Lipinski definition) is 2. The van der Waals surface area contributed by atoms with Crippen LogP contribution in [-0.2, 0) is 6.42 Å². The monoisotopic (exact) mass is 246 g/mol. The topological polar surface area (TPSA) is 73.1 Å². The molecule has 0 saturated heterocycles. The SMILES string of the molecule is CNC(C)Cc1nc(N)nc2ccc(OC)cc12. The largest absolute Gasteiger partial charge is 0.497 e. The highest BCUT2D eigenvalue weighted by atomic mass is 16.5. The first-order chi connectivity index (χ1) is 8.63. The van der Waals surface area contributed by atoms with E-state index in [0.29, 0.717) is 12.0 Å². The summed E-state index contributed by atoms with van der Waals surface area (Å²) in [5.41, 5.74) is 7.53. The quantitative estimate of drug-likeness (QED) is 0.852. The Bertz CT molecular complexity index is 556. The van der Waals surface area contributed by atoms with Gasteiger partial charge in [0, 0.05) is 17.8 Å². The van der Waals surface area contributed by atoms with Crippen LogP contribution in [0.1, 0.15) is 12.6 Å². The first-order valence-electron chi connectivity index (χ1n) is 5.91. The Morgan fingerprint density at radius 1 is 1.39 bits per heavy atom. The molecule has 1 aromatic carbocycles. The highest BCUT2D eigenvalue weighted by Gasteiger charge is 2.10.